The molecule has 32 heavy (non-hydrogen) atoms. The maximum absolute atomic E-state index is 13.9. The van der Waals surface area contributed by atoms with Gasteiger partial charge in [0.05, 0.1) is 18.7 Å². The van der Waals surface area contributed by atoms with Gasteiger partial charge in [0.15, 0.2) is 11.9 Å². The number of benzene rings is 2. The Morgan fingerprint density at radius 1 is 1.22 bits per heavy atom. The summed E-state index contributed by atoms with van der Waals surface area (Å²) in [6.45, 7) is 3.77. The molecular formula is C23H25FN2O6. The Hall–Kier alpha value is -3.46. The molecule has 0 bridgehead atoms. The topological polar surface area (TPSA) is 94.2 Å². The van der Waals surface area contributed by atoms with Gasteiger partial charge in [-0.05, 0) is 38.1 Å². The van der Waals surface area contributed by atoms with E-state index in [1.165, 1.54) is 30.9 Å². The Bertz CT molecular complexity index is 968. The lowest BCUT2D eigenvalue weighted by molar-refractivity contribution is -0.147. The Morgan fingerprint density at radius 2 is 1.97 bits per heavy atom. The van der Waals surface area contributed by atoms with E-state index in [4.69, 9.17) is 14.2 Å². The molecule has 3 rings (SSSR count). The van der Waals surface area contributed by atoms with Crippen LogP contribution in [0.5, 0.6) is 5.75 Å². The van der Waals surface area contributed by atoms with Crippen LogP contribution >= 0.6 is 0 Å². The second-order valence-electron chi connectivity index (χ2n) is 7.32. The highest BCUT2D eigenvalue weighted by atomic mass is 19.1. The van der Waals surface area contributed by atoms with Crippen LogP contribution in [-0.4, -0.2) is 61.2 Å². The number of carbonyl (C=O) groups excluding carboxylic acids is 3. The predicted molar refractivity (Wildman–Crippen MR) is 114 cm³/mol. The van der Waals surface area contributed by atoms with Crippen LogP contribution < -0.4 is 10.1 Å². The zero-order chi connectivity index (χ0) is 23.1. The molecule has 1 unspecified atom stereocenters. The van der Waals surface area contributed by atoms with E-state index in [1.807, 2.05) is 6.07 Å². The molecule has 1 aliphatic rings. The van der Waals surface area contributed by atoms with Gasteiger partial charge < -0.3 is 19.1 Å². The van der Waals surface area contributed by atoms with Gasteiger partial charge >= 0.3 is 6.09 Å². The van der Waals surface area contributed by atoms with E-state index in [9.17, 15) is 18.8 Å². The molecular weight excluding hydrogens is 419 g/mol. The molecule has 1 heterocycles. The summed E-state index contributed by atoms with van der Waals surface area (Å²) in [6, 6.07) is 12.8. The Morgan fingerprint density at radius 3 is 2.66 bits per heavy atom. The monoisotopic (exact) mass is 444 g/mol. The number of rotatable bonds is 7. The number of ketones is 1. The fourth-order valence-electron chi connectivity index (χ4n) is 3.22. The van der Waals surface area contributed by atoms with Crippen molar-refractivity contribution in [2.45, 2.75) is 26.1 Å². The number of amides is 2. The zero-order valence-corrected chi connectivity index (χ0v) is 17.9. The normalized spacial score (nSPS) is 16.7. The Balaban J connectivity index is 1.49. The minimum atomic E-state index is -0.980. The minimum Gasteiger partial charge on any atom is -0.491 e. The molecule has 0 aliphatic carbocycles. The van der Waals surface area contributed by atoms with E-state index >= 15 is 0 Å². The van der Waals surface area contributed by atoms with Gasteiger partial charge in [0, 0.05) is 18.3 Å². The second-order valence-corrected chi connectivity index (χ2v) is 7.32. The van der Waals surface area contributed by atoms with Gasteiger partial charge in [-0.25, -0.2) is 9.18 Å². The minimum absolute atomic E-state index is 0.00618. The number of Topliss-reactive ketones (excluding diaryl/α,β-unsaturated/α-hetero) is 1. The second kappa shape index (κ2) is 10.7. The average molecular weight is 444 g/mol. The summed E-state index contributed by atoms with van der Waals surface area (Å²) in [5.41, 5.74) is 0.557. The number of hydrogen-bond acceptors (Lipinski definition) is 6. The number of ether oxygens (including phenoxy) is 3. The van der Waals surface area contributed by atoms with Crippen molar-refractivity contribution in [2.75, 3.05) is 31.6 Å². The molecule has 0 radical (unpaired) electrons. The van der Waals surface area contributed by atoms with Gasteiger partial charge in [-0.3, -0.25) is 14.9 Å². The zero-order valence-electron chi connectivity index (χ0n) is 17.9. The van der Waals surface area contributed by atoms with Crippen molar-refractivity contribution >= 4 is 23.5 Å². The number of morpholine rings is 1. The summed E-state index contributed by atoms with van der Waals surface area (Å²) < 4.78 is 30.3. The smallest absolute Gasteiger partial charge is 0.412 e. The third kappa shape index (κ3) is 6.27. The summed E-state index contributed by atoms with van der Waals surface area (Å²) in [4.78, 5) is 37.6. The molecule has 8 nitrogen and oxygen atoms in total. The lowest BCUT2D eigenvalue weighted by Gasteiger charge is -2.34. The summed E-state index contributed by atoms with van der Waals surface area (Å²) >= 11 is 0. The van der Waals surface area contributed by atoms with Gasteiger partial charge in [0.2, 0.25) is 0 Å². The average Bonchev–Trinajstić information content (AvgIpc) is 2.77. The first kappa shape index (κ1) is 23.2. The number of hydrogen-bond donors (Lipinski definition) is 1. The number of carbonyl (C=O) groups is 3. The van der Waals surface area contributed by atoms with Crippen molar-refractivity contribution in [3.8, 4) is 5.75 Å². The molecule has 0 spiro atoms. The largest absolute Gasteiger partial charge is 0.491 e. The molecule has 0 aromatic heterocycles. The van der Waals surface area contributed by atoms with Gasteiger partial charge in [-0.2, -0.15) is 0 Å². The van der Waals surface area contributed by atoms with Crippen molar-refractivity contribution in [3.63, 3.8) is 0 Å². The van der Waals surface area contributed by atoms with Crippen LogP contribution in [-0.2, 0) is 14.3 Å². The molecule has 1 saturated heterocycles. The van der Waals surface area contributed by atoms with E-state index in [0.717, 1.165) is 6.07 Å². The predicted octanol–water partition coefficient (Wildman–Crippen LogP) is 3.27. The van der Waals surface area contributed by atoms with Crippen LogP contribution in [0.4, 0.5) is 14.9 Å². The van der Waals surface area contributed by atoms with Crippen molar-refractivity contribution in [2.24, 2.45) is 0 Å². The molecule has 2 amide bonds. The number of para-hydroxylation sites is 1. The maximum atomic E-state index is 13.9. The molecule has 1 fully saturated rings. The quantitative estimate of drug-likeness (QED) is 0.659. The fourth-order valence-corrected chi connectivity index (χ4v) is 3.22. The summed E-state index contributed by atoms with van der Waals surface area (Å²) in [5, 5.41) is 2.56. The molecule has 0 saturated carbocycles. The first-order chi connectivity index (χ1) is 15.3. The molecule has 2 atom stereocenters. The summed E-state index contributed by atoms with van der Waals surface area (Å²) in [6.07, 6.45) is -2.14. The van der Waals surface area contributed by atoms with Crippen molar-refractivity contribution in [3.05, 3.63) is 59.9 Å². The van der Waals surface area contributed by atoms with Crippen LogP contribution in [0.2, 0.25) is 0 Å². The highest BCUT2D eigenvalue weighted by Crippen LogP contribution is 2.18. The Kier molecular flexibility index (Phi) is 7.77. The number of halogens is 1. The molecule has 9 heteroatoms. The van der Waals surface area contributed by atoms with Gasteiger partial charge in [0.25, 0.3) is 5.91 Å². The molecule has 1 N–H and O–H groups in total. The van der Waals surface area contributed by atoms with Crippen molar-refractivity contribution in [1.82, 2.24) is 4.90 Å². The van der Waals surface area contributed by atoms with Crippen LogP contribution in [0.1, 0.15) is 24.2 Å². The van der Waals surface area contributed by atoms with Gasteiger partial charge in [0.1, 0.15) is 24.3 Å². The number of nitrogens with one attached hydrogen (secondary N) is 1. The molecule has 2 aromatic carbocycles. The van der Waals surface area contributed by atoms with Crippen molar-refractivity contribution in [1.29, 1.82) is 0 Å². The first-order valence-electron chi connectivity index (χ1n) is 10.2. The van der Waals surface area contributed by atoms with E-state index in [1.54, 1.807) is 24.3 Å². The Labute approximate surface area is 185 Å². The molecule has 2 aromatic rings. The van der Waals surface area contributed by atoms with E-state index in [0.29, 0.717) is 18.8 Å². The van der Waals surface area contributed by atoms with E-state index < -0.39 is 24.1 Å². The van der Waals surface area contributed by atoms with Gasteiger partial charge in [-0.15, -0.1) is 0 Å². The number of nitrogens with zero attached hydrogens (tertiary/aromatic N) is 1. The highest BCUT2D eigenvalue weighted by Gasteiger charge is 2.29. The lowest BCUT2D eigenvalue weighted by atomic mass is 10.1. The maximum Gasteiger partial charge on any atom is 0.412 e. The van der Waals surface area contributed by atoms with Crippen LogP contribution in [0.25, 0.3) is 0 Å². The first-order valence-corrected chi connectivity index (χ1v) is 10.2. The number of anilines is 1. The SMILES string of the molecule is CC(=O)c1ccc(OCC2CN(C(=O)[C@@H](C)OC(=O)Nc3ccccc3)CCO2)cc1F. The fraction of sp³-hybridized carbons (Fsp3) is 0.348. The summed E-state index contributed by atoms with van der Waals surface area (Å²) in [7, 11) is 0. The third-order valence-electron chi connectivity index (χ3n) is 4.86. The highest BCUT2D eigenvalue weighted by molar-refractivity contribution is 5.94. The third-order valence-corrected chi connectivity index (χ3v) is 4.86. The van der Waals surface area contributed by atoms with Crippen LogP contribution in [0.3, 0.4) is 0 Å². The van der Waals surface area contributed by atoms with Crippen LogP contribution in [0.15, 0.2) is 48.5 Å². The van der Waals surface area contributed by atoms with Crippen LogP contribution in [0, 0.1) is 5.82 Å². The van der Waals surface area contributed by atoms with E-state index in [2.05, 4.69) is 5.32 Å². The van der Waals surface area contributed by atoms with E-state index in [-0.39, 0.29) is 36.2 Å². The molecule has 170 valence electrons. The van der Waals surface area contributed by atoms with Gasteiger partial charge in [-0.1, -0.05) is 18.2 Å². The lowest BCUT2D eigenvalue weighted by Crippen LogP contribution is -2.51. The summed E-state index contributed by atoms with van der Waals surface area (Å²) in [5.74, 6) is -1.11. The van der Waals surface area contributed by atoms with Crippen molar-refractivity contribution < 1.29 is 33.0 Å². The molecule has 1 aliphatic heterocycles. The standard InChI is InChI=1S/C23H25FN2O6/c1-15(27)20-9-8-18(12-21(20)24)31-14-19-13-26(10-11-30-19)22(28)16(2)32-23(29)25-17-6-4-3-5-7-17/h3-9,12,16,19H,10-11,13-14H2,1-2H3,(H,25,29)/t16-,19?/m1/s1.